The van der Waals surface area contributed by atoms with Crippen molar-refractivity contribution < 1.29 is 26.7 Å². The molecular weight excluding hydrogens is 476 g/mol. The Labute approximate surface area is 198 Å². The van der Waals surface area contributed by atoms with E-state index >= 15 is 0 Å². The highest BCUT2D eigenvalue weighted by Gasteiger charge is 2.27. The number of nitrogens with one attached hydrogen (secondary N) is 1. The fourth-order valence-electron chi connectivity index (χ4n) is 3.06. The van der Waals surface area contributed by atoms with Gasteiger partial charge < -0.3 is 5.11 Å². The highest BCUT2D eigenvalue weighted by atomic mass is 32.2. The number of aliphatic hydroxyl groups is 1. The number of sulfonamides is 2. The highest BCUT2D eigenvalue weighted by Crippen LogP contribution is 2.26. The SMILES string of the molecule is CC(C)(O)C#Cc1cccc(-c2ccccc2C(=O)NS(=O)(=O)c2ccccc2S(N)(=O)=O)c1. The fourth-order valence-corrected chi connectivity index (χ4v) is 5.41. The van der Waals surface area contributed by atoms with E-state index in [1.165, 1.54) is 18.2 Å². The van der Waals surface area contributed by atoms with E-state index in [0.29, 0.717) is 16.7 Å². The first kappa shape index (κ1) is 25.1. The summed E-state index contributed by atoms with van der Waals surface area (Å²) >= 11 is 0. The number of carbonyl (C=O) groups is 1. The van der Waals surface area contributed by atoms with E-state index in [9.17, 15) is 26.7 Å². The summed E-state index contributed by atoms with van der Waals surface area (Å²) in [5.41, 5.74) is 0.476. The van der Waals surface area contributed by atoms with Crippen molar-refractivity contribution >= 4 is 26.0 Å². The lowest BCUT2D eigenvalue weighted by Crippen LogP contribution is -2.32. The Morgan fingerprint density at radius 1 is 0.912 bits per heavy atom. The van der Waals surface area contributed by atoms with E-state index in [4.69, 9.17) is 5.14 Å². The van der Waals surface area contributed by atoms with Gasteiger partial charge in [-0.1, -0.05) is 54.3 Å². The van der Waals surface area contributed by atoms with Gasteiger partial charge in [0.2, 0.25) is 10.0 Å². The van der Waals surface area contributed by atoms with Crippen molar-refractivity contribution in [1.82, 2.24) is 4.72 Å². The van der Waals surface area contributed by atoms with Crippen LogP contribution in [0.25, 0.3) is 11.1 Å². The van der Waals surface area contributed by atoms with Gasteiger partial charge in [-0.3, -0.25) is 4.79 Å². The number of carbonyl (C=O) groups excluding carboxylic acids is 1. The Hall–Kier alpha value is -3.49. The van der Waals surface area contributed by atoms with Gasteiger partial charge in [0.25, 0.3) is 15.9 Å². The first-order valence-electron chi connectivity index (χ1n) is 9.92. The molecule has 4 N–H and O–H groups in total. The quantitative estimate of drug-likeness (QED) is 0.460. The molecule has 34 heavy (non-hydrogen) atoms. The van der Waals surface area contributed by atoms with Crippen LogP contribution in [0.2, 0.25) is 0 Å². The smallest absolute Gasteiger partial charge is 0.265 e. The van der Waals surface area contributed by atoms with Crippen LogP contribution in [0.1, 0.15) is 29.8 Å². The van der Waals surface area contributed by atoms with Crippen LogP contribution >= 0.6 is 0 Å². The van der Waals surface area contributed by atoms with Gasteiger partial charge in [-0.25, -0.2) is 26.7 Å². The lowest BCUT2D eigenvalue weighted by atomic mass is 9.97. The second-order valence-corrected chi connectivity index (χ2v) is 11.0. The van der Waals surface area contributed by atoms with E-state index in [1.54, 1.807) is 56.3 Å². The number of hydrogen-bond acceptors (Lipinski definition) is 6. The number of hydrogen-bond donors (Lipinski definition) is 3. The number of primary sulfonamides is 1. The van der Waals surface area contributed by atoms with Crippen molar-refractivity contribution in [1.29, 1.82) is 0 Å². The molecule has 0 bridgehead atoms. The van der Waals surface area contributed by atoms with Crippen LogP contribution in [0, 0.1) is 11.8 Å². The normalized spacial score (nSPS) is 11.9. The van der Waals surface area contributed by atoms with Gasteiger partial charge in [-0.05, 0) is 55.3 Å². The molecule has 0 radical (unpaired) electrons. The van der Waals surface area contributed by atoms with Gasteiger partial charge in [0.05, 0.1) is 0 Å². The van der Waals surface area contributed by atoms with Crippen LogP contribution in [0.3, 0.4) is 0 Å². The number of nitrogens with two attached hydrogens (primary N) is 1. The molecule has 0 fully saturated rings. The highest BCUT2D eigenvalue weighted by molar-refractivity contribution is 7.92. The summed E-state index contributed by atoms with van der Waals surface area (Å²) in [6.45, 7) is 3.11. The Kier molecular flexibility index (Phi) is 6.95. The van der Waals surface area contributed by atoms with Crippen LogP contribution in [0.4, 0.5) is 0 Å². The van der Waals surface area contributed by atoms with Crippen LogP contribution in [-0.2, 0) is 20.0 Å². The fraction of sp³-hybridized carbons (Fsp3) is 0.125. The van der Waals surface area contributed by atoms with Crippen LogP contribution in [0.15, 0.2) is 82.6 Å². The molecule has 0 aromatic heterocycles. The molecule has 0 spiro atoms. The first-order chi connectivity index (χ1) is 15.8. The zero-order valence-corrected chi connectivity index (χ0v) is 19.9. The van der Waals surface area contributed by atoms with E-state index in [-0.39, 0.29) is 5.56 Å². The predicted octanol–water partition coefficient (Wildman–Crippen LogP) is 2.24. The summed E-state index contributed by atoms with van der Waals surface area (Å²) in [6.07, 6.45) is 0. The summed E-state index contributed by atoms with van der Waals surface area (Å²) in [5, 5.41) is 15.0. The van der Waals surface area contributed by atoms with Gasteiger partial charge in [0, 0.05) is 11.1 Å². The van der Waals surface area contributed by atoms with Gasteiger partial charge in [0.15, 0.2) is 0 Å². The molecule has 1 amide bonds. The zero-order valence-electron chi connectivity index (χ0n) is 18.3. The molecule has 0 saturated carbocycles. The minimum atomic E-state index is -4.56. The van der Waals surface area contributed by atoms with Crippen molar-refractivity contribution in [3.8, 4) is 23.0 Å². The topological polar surface area (TPSA) is 144 Å². The van der Waals surface area contributed by atoms with E-state index < -0.39 is 41.3 Å². The van der Waals surface area contributed by atoms with Gasteiger partial charge >= 0.3 is 0 Å². The summed E-state index contributed by atoms with van der Waals surface area (Å²) in [7, 11) is -8.91. The third-order valence-electron chi connectivity index (χ3n) is 4.53. The molecule has 10 heteroatoms. The second kappa shape index (κ2) is 9.40. The minimum absolute atomic E-state index is 0.0479. The molecule has 3 aromatic carbocycles. The number of rotatable bonds is 5. The Balaban J connectivity index is 2.01. The zero-order chi connectivity index (χ0) is 25.1. The van der Waals surface area contributed by atoms with Gasteiger partial charge in [-0.2, -0.15) is 0 Å². The summed E-state index contributed by atoms with van der Waals surface area (Å²) in [6, 6.07) is 18.0. The summed E-state index contributed by atoms with van der Waals surface area (Å²) in [4.78, 5) is 11.7. The number of amides is 1. The standard InChI is InChI=1S/C24H22N2O6S2/c1-24(2,28)15-14-17-8-7-9-18(16-17)19-10-3-4-11-20(19)23(27)26-34(31,32)22-13-6-5-12-21(22)33(25,29)30/h3-13,16,28H,1-2H3,(H,26,27)(H2,25,29,30). The van der Waals surface area contributed by atoms with E-state index in [1.807, 2.05) is 4.72 Å². The molecular formula is C24H22N2O6S2. The molecule has 176 valence electrons. The van der Waals surface area contributed by atoms with Gasteiger partial charge in [-0.15, -0.1) is 0 Å². The first-order valence-corrected chi connectivity index (χ1v) is 12.9. The average Bonchev–Trinajstić information content (AvgIpc) is 2.76. The average molecular weight is 499 g/mol. The van der Waals surface area contributed by atoms with Crippen molar-refractivity contribution in [3.63, 3.8) is 0 Å². The third-order valence-corrected chi connectivity index (χ3v) is 7.02. The van der Waals surface area contributed by atoms with E-state index in [0.717, 1.165) is 12.1 Å². The lowest BCUT2D eigenvalue weighted by Gasteiger charge is -2.13. The predicted molar refractivity (Wildman–Crippen MR) is 128 cm³/mol. The molecule has 3 rings (SSSR count). The maximum atomic E-state index is 13.0. The van der Waals surface area contributed by atoms with Crippen molar-refractivity contribution in [2.75, 3.05) is 0 Å². The molecule has 0 saturated heterocycles. The van der Waals surface area contributed by atoms with E-state index in [2.05, 4.69) is 11.8 Å². The molecule has 0 atom stereocenters. The summed E-state index contributed by atoms with van der Waals surface area (Å²) < 4.78 is 51.3. The molecule has 0 aliphatic rings. The molecule has 0 aliphatic heterocycles. The van der Waals surface area contributed by atoms with Crippen LogP contribution in [0.5, 0.6) is 0 Å². The summed E-state index contributed by atoms with van der Waals surface area (Å²) in [5.74, 6) is 4.62. The molecule has 0 unspecified atom stereocenters. The Morgan fingerprint density at radius 2 is 1.53 bits per heavy atom. The Bertz CT molecular complexity index is 1530. The largest absolute Gasteiger partial charge is 0.378 e. The monoisotopic (exact) mass is 498 g/mol. The third kappa shape index (κ3) is 6.09. The molecule has 0 aliphatic carbocycles. The number of benzene rings is 3. The lowest BCUT2D eigenvalue weighted by molar-refractivity contribution is 0.0982. The molecule has 3 aromatic rings. The molecule has 0 heterocycles. The van der Waals surface area contributed by atoms with Gasteiger partial charge in [0.1, 0.15) is 15.4 Å². The van der Waals surface area contributed by atoms with Crippen molar-refractivity contribution in [2.24, 2.45) is 5.14 Å². The van der Waals surface area contributed by atoms with Crippen molar-refractivity contribution in [2.45, 2.75) is 29.2 Å². The van der Waals surface area contributed by atoms with Crippen molar-refractivity contribution in [3.05, 3.63) is 83.9 Å². The van der Waals surface area contributed by atoms with Crippen LogP contribution in [-0.4, -0.2) is 33.5 Å². The van der Waals surface area contributed by atoms with Crippen LogP contribution < -0.4 is 9.86 Å². The second-order valence-electron chi connectivity index (χ2n) is 7.86. The maximum Gasteiger partial charge on any atom is 0.265 e. The minimum Gasteiger partial charge on any atom is -0.378 e. The molecule has 8 nitrogen and oxygen atoms in total. The maximum absolute atomic E-state index is 13.0. The Morgan fingerprint density at radius 3 is 2.18 bits per heavy atom.